The Kier molecular flexibility index (Phi) is 13.1. The molecule has 4 amide bonds. The molecule has 2 fully saturated rings. The molecule has 0 saturated carbocycles. The van der Waals surface area contributed by atoms with Crippen molar-refractivity contribution in [3.63, 3.8) is 0 Å². The molecule has 12 rings (SSSR count). The van der Waals surface area contributed by atoms with Gasteiger partial charge in [0.05, 0.1) is 60.1 Å². The summed E-state index contributed by atoms with van der Waals surface area (Å²) in [4.78, 5) is 72.5. The monoisotopic (exact) mass is 928 g/mol. The summed E-state index contributed by atoms with van der Waals surface area (Å²) in [5.41, 5.74) is 13.2. The summed E-state index contributed by atoms with van der Waals surface area (Å²) < 4.78 is 9.62. The lowest BCUT2D eigenvalue weighted by Gasteiger charge is -2.29. The number of H-pyrrole nitrogens is 2. The van der Waals surface area contributed by atoms with Gasteiger partial charge in [-0.25, -0.2) is 19.6 Å². The van der Waals surface area contributed by atoms with Crippen LogP contribution in [0.1, 0.15) is 73.7 Å². The lowest BCUT2D eigenvalue weighted by atomic mass is 9.87. The Balaban J connectivity index is 0.941. The van der Waals surface area contributed by atoms with Crippen molar-refractivity contribution >= 4 is 69.6 Å². The maximum atomic E-state index is 13.8. The zero-order valence-corrected chi connectivity index (χ0v) is 39.7. The number of nitrogens with zero attached hydrogens (tertiary/aromatic N) is 4. The highest BCUT2D eigenvalue weighted by Gasteiger charge is 2.39. The SMILES string of the molecule is COC(=O)N[C@H](C(=O)N1CSC[C@H]1c1nc2ccc(-c3cc4ccc3CCc3ccc(c(-c5ccc6nc([C@@H]7CSCN7C(=O)[C@@H](NC(=O)OC)C(C)C)[nH]c6c5)c3)CC4)cc2[nH]1)C(C)C. The van der Waals surface area contributed by atoms with Crippen molar-refractivity contribution in [2.45, 2.75) is 77.5 Å². The fourth-order valence-electron chi connectivity index (χ4n) is 9.33. The number of ether oxygens (including phenoxy) is 2. The van der Waals surface area contributed by atoms with E-state index in [1.165, 1.54) is 47.6 Å². The number of benzene rings is 4. The fraction of sp³-hybridized carbons (Fsp3) is 0.400. The van der Waals surface area contributed by atoms with Gasteiger partial charge >= 0.3 is 12.2 Å². The van der Waals surface area contributed by atoms with Gasteiger partial charge in [-0.05, 0) is 106 Å². The number of aryl methyl sites for hydroxylation is 4. The van der Waals surface area contributed by atoms with Gasteiger partial charge in [0.25, 0.3) is 0 Å². The average molecular weight is 929 g/mol. The third kappa shape index (κ3) is 9.09. The van der Waals surface area contributed by atoms with E-state index < -0.39 is 24.3 Å². The summed E-state index contributed by atoms with van der Waals surface area (Å²) >= 11 is 3.35. The predicted molar refractivity (Wildman–Crippen MR) is 260 cm³/mol. The Morgan fingerprint density at radius 2 is 1.03 bits per heavy atom. The molecule has 4 atom stereocenters. The summed E-state index contributed by atoms with van der Waals surface area (Å²) in [6.45, 7) is 7.65. The first-order chi connectivity index (χ1) is 31.9. The fourth-order valence-corrected chi connectivity index (χ4v) is 11.7. The third-order valence-corrected chi connectivity index (χ3v) is 15.1. The normalized spacial score (nSPS) is 18.2. The maximum Gasteiger partial charge on any atom is 0.407 e. The number of methoxy groups -OCH3 is 2. The Hall–Kier alpha value is -6.00. The molecule has 4 aromatic carbocycles. The molecule has 2 aliphatic heterocycles. The van der Waals surface area contributed by atoms with Gasteiger partial charge in [-0.2, -0.15) is 0 Å². The summed E-state index contributed by atoms with van der Waals surface area (Å²) in [6.07, 6.45) is 2.20. The van der Waals surface area contributed by atoms with E-state index in [4.69, 9.17) is 19.4 Å². The minimum atomic E-state index is -0.706. The molecule has 16 heteroatoms. The molecule has 0 unspecified atom stereocenters. The molecule has 4 bridgehead atoms. The van der Waals surface area contributed by atoms with Crippen LogP contribution in [0, 0.1) is 11.8 Å². The van der Waals surface area contributed by atoms with Gasteiger partial charge in [0, 0.05) is 11.5 Å². The van der Waals surface area contributed by atoms with Crippen molar-refractivity contribution in [1.82, 2.24) is 40.4 Å². The van der Waals surface area contributed by atoms with Crippen molar-refractivity contribution < 1.29 is 28.7 Å². The van der Waals surface area contributed by atoms with E-state index >= 15 is 0 Å². The summed E-state index contributed by atoms with van der Waals surface area (Å²) in [6, 6.07) is 24.7. The molecule has 4 N–H and O–H groups in total. The Morgan fingerprint density at radius 3 is 1.42 bits per heavy atom. The molecular weight excluding hydrogens is 873 g/mol. The first-order valence-corrected chi connectivity index (χ1v) is 24.9. The molecule has 0 spiro atoms. The first kappa shape index (κ1) is 45.2. The van der Waals surface area contributed by atoms with Crippen LogP contribution in [-0.4, -0.2) is 103 Å². The van der Waals surface area contributed by atoms with Crippen LogP contribution in [0.4, 0.5) is 9.59 Å². The van der Waals surface area contributed by atoms with Crippen LogP contribution in [0.3, 0.4) is 0 Å². The second-order valence-electron chi connectivity index (χ2n) is 18.1. The van der Waals surface area contributed by atoms with Gasteiger partial charge < -0.3 is 39.9 Å². The van der Waals surface area contributed by atoms with Crippen LogP contribution in [0.25, 0.3) is 44.3 Å². The number of rotatable bonds is 10. The van der Waals surface area contributed by atoms with Crippen molar-refractivity contribution in [1.29, 1.82) is 0 Å². The van der Waals surface area contributed by atoms with E-state index in [1.54, 1.807) is 23.5 Å². The number of nitrogens with one attached hydrogen (secondary N) is 4. The highest BCUT2D eigenvalue weighted by atomic mass is 32.2. The van der Waals surface area contributed by atoms with Gasteiger partial charge in [-0.3, -0.25) is 9.59 Å². The van der Waals surface area contributed by atoms with E-state index in [0.29, 0.717) is 23.3 Å². The molecule has 2 saturated heterocycles. The Labute approximate surface area is 392 Å². The molecule has 4 aliphatic carbocycles. The number of fused-ring (bicyclic) bond motifs is 2. The highest BCUT2D eigenvalue weighted by Crippen LogP contribution is 2.38. The molecule has 6 aromatic rings. The second-order valence-corrected chi connectivity index (χ2v) is 20.1. The quantitative estimate of drug-likeness (QED) is 0.104. The molecular formula is C50H56N8O6S2. The smallest absolute Gasteiger partial charge is 0.407 e. The van der Waals surface area contributed by atoms with Gasteiger partial charge in [0.2, 0.25) is 11.8 Å². The number of alkyl carbamates (subject to hydrolysis) is 2. The van der Waals surface area contributed by atoms with Gasteiger partial charge in [0.1, 0.15) is 23.7 Å². The first-order valence-electron chi connectivity index (χ1n) is 22.6. The minimum absolute atomic E-state index is 0.118. The molecule has 14 nitrogen and oxygen atoms in total. The molecule has 6 aliphatic rings. The predicted octanol–water partition coefficient (Wildman–Crippen LogP) is 8.57. The Morgan fingerprint density at radius 1 is 0.606 bits per heavy atom. The van der Waals surface area contributed by atoms with Gasteiger partial charge in [0.15, 0.2) is 0 Å². The number of amides is 4. The maximum absolute atomic E-state index is 13.8. The largest absolute Gasteiger partial charge is 0.453 e. The van der Waals surface area contributed by atoms with Gasteiger partial charge in [-0.15, -0.1) is 23.5 Å². The topological polar surface area (TPSA) is 175 Å². The zero-order chi connectivity index (χ0) is 46.2. The number of carbonyl (C=O) groups is 4. The van der Waals surface area contributed by atoms with E-state index in [0.717, 1.165) is 70.5 Å². The van der Waals surface area contributed by atoms with Gasteiger partial charge in [-0.1, -0.05) is 76.2 Å². The van der Waals surface area contributed by atoms with Crippen molar-refractivity contribution in [2.75, 3.05) is 37.5 Å². The van der Waals surface area contributed by atoms with Crippen LogP contribution in [0.5, 0.6) is 0 Å². The summed E-state index contributed by atoms with van der Waals surface area (Å²) in [5, 5.41) is 5.46. The Bertz CT molecular complexity index is 2630. The molecule has 0 radical (unpaired) electrons. The van der Waals surface area contributed by atoms with Crippen molar-refractivity contribution in [2.24, 2.45) is 11.8 Å². The third-order valence-electron chi connectivity index (χ3n) is 13.1. The number of imidazole rings is 2. The second kappa shape index (κ2) is 19.1. The standard InChI is InChI=1S/C50H56N8O6S2/c1-27(2)43(55-49(61)63-5)47(59)57-25-65-23-41(57)45-51-37-17-15-33(21-39(37)53-45)35-19-29-7-11-31(35)13-9-30-8-12-32(14-10-29)36(20-30)34-16-18-38-40(22-34)54-46(52-38)42-24-66-26-58(42)48(60)44(28(3)4)56-50(62)64-6/h7-8,11-12,15-22,27-28,41-44H,9-10,13-14,23-26H2,1-6H3,(H,51,53)(H,52,54)(H,55,61)(H,56,62)/t41-,42-,43-,44-/m0/s1. The van der Waals surface area contributed by atoms with E-state index in [1.807, 2.05) is 37.5 Å². The van der Waals surface area contributed by atoms with Crippen LogP contribution in [0.2, 0.25) is 0 Å². The highest BCUT2D eigenvalue weighted by molar-refractivity contribution is 7.99. The van der Waals surface area contributed by atoms with Crippen LogP contribution in [-0.2, 0) is 44.7 Å². The lowest BCUT2D eigenvalue weighted by molar-refractivity contribution is -0.135. The minimum Gasteiger partial charge on any atom is -0.453 e. The number of hydrogen-bond donors (Lipinski definition) is 4. The molecule has 2 aromatic heterocycles. The van der Waals surface area contributed by atoms with Crippen LogP contribution in [0.15, 0.2) is 72.8 Å². The number of aromatic nitrogens is 4. The number of hydrogen-bond acceptors (Lipinski definition) is 10. The number of thioether (sulfide) groups is 2. The number of carbonyl (C=O) groups excluding carboxylic acids is 4. The average Bonchev–Trinajstić information content (AvgIpc) is 4.15. The van der Waals surface area contributed by atoms with Crippen LogP contribution < -0.4 is 10.6 Å². The van der Waals surface area contributed by atoms with E-state index in [-0.39, 0.29) is 35.7 Å². The summed E-state index contributed by atoms with van der Waals surface area (Å²) in [5.74, 6) is 3.38. The molecule has 4 heterocycles. The van der Waals surface area contributed by atoms with Crippen LogP contribution >= 0.6 is 23.5 Å². The van der Waals surface area contributed by atoms with E-state index in [2.05, 4.69) is 93.4 Å². The number of aromatic amines is 2. The summed E-state index contributed by atoms with van der Waals surface area (Å²) in [7, 11) is 2.60. The van der Waals surface area contributed by atoms with E-state index in [9.17, 15) is 19.2 Å². The molecule has 344 valence electrons. The molecule has 66 heavy (non-hydrogen) atoms. The van der Waals surface area contributed by atoms with Crippen molar-refractivity contribution in [3.8, 4) is 22.3 Å². The zero-order valence-electron chi connectivity index (χ0n) is 38.1. The van der Waals surface area contributed by atoms with Crippen molar-refractivity contribution in [3.05, 3.63) is 107 Å². The lowest BCUT2D eigenvalue weighted by Crippen LogP contribution is -2.51.